The second-order valence-corrected chi connectivity index (χ2v) is 8.12. The third-order valence-corrected chi connectivity index (χ3v) is 5.98. The van der Waals surface area contributed by atoms with E-state index in [1.165, 1.54) is 5.56 Å². The van der Waals surface area contributed by atoms with Crippen molar-refractivity contribution in [2.75, 3.05) is 39.4 Å². The molecule has 0 N–H and O–H groups in total. The summed E-state index contributed by atoms with van der Waals surface area (Å²) >= 11 is 6.00. The van der Waals surface area contributed by atoms with E-state index in [1.807, 2.05) is 17.0 Å². The number of benzene rings is 1. The number of tetrazole rings is 1. The van der Waals surface area contributed by atoms with Gasteiger partial charge in [-0.25, -0.2) is 4.68 Å². The van der Waals surface area contributed by atoms with E-state index in [9.17, 15) is 4.79 Å². The number of aryl methyl sites for hydroxylation is 1. The van der Waals surface area contributed by atoms with Crippen LogP contribution in [-0.2, 0) is 22.6 Å². The predicted octanol–water partition coefficient (Wildman–Crippen LogP) is 1.96. The molecule has 2 aliphatic rings. The van der Waals surface area contributed by atoms with Crippen LogP contribution in [0.1, 0.15) is 36.6 Å². The molecule has 9 heteroatoms. The van der Waals surface area contributed by atoms with Crippen LogP contribution in [0.2, 0.25) is 5.02 Å². The van der Waals surface area contributed by atoms with Gasteiger partial charge in [0.1, 0.15) is 0 Å². The molecule has 0 saturated carbocycles. The summed E-state index contributed by atoms with van der Waals surface area (Å²) in [5.74, 6) is 1.34. The van der Waals surface area contributed by atoms with Gasteiger partial charge in [-0.1, -0.05) is 23.7 Å². The van der Waals surface area contributed by atoms with Gasteiger partial charge in [-0.05, 0) is 41.0 Å². The van der Waals surface area contributed by atoms with E-state index in [-0.39, 0.29) is 5.91 Å². The summed E-state index contributed by atoms with van der Waals surface area (Å²) in [6.07, 6.45) is 2.53. The number of hydrogen-bond acceptors (Lipinski definition) is 6. The Labute approximate surface area is 175 Å². The zero-order valence-corrected chi connectivity index (χ0v) is 17.3. The number of carbonyl (C=O) groups is 1. The molecule has 2 aromatic rings. The maximum absolute atomic E-state index is 12.8. The Morgan fingerprint density at radius 2 is 1.97 bits per heavy atom. The summed E-state index contributed by atoms with van der Waals surface area (Å²) in [4.78, 5) is 17.1. The molecule has 8 nitrogen and oxygen atoms in total. The van der Waals surface area contributed by atoms with Gasteiger partial charge in [-0.15, -0.1) is 5.10 Å². The van der Waals surface area contributed by atoms with Gasteiger partial charge in [0.15, 0.2) is 5.82 Å². The molecule has 1 aromatic carbocycles. The molecule has 1 amide bonds. The number of rotatable bonds is 6. The summed E-state index contributed by atoms with van der Waals surface area (Å²) in [6, 6.07) is 7.98. The molecule has 29 heavy (non-hydrogen) atoms. The molecule has 1 unspecified atom stereocenters. The first-order valence-electron chi connectivity index (χ1n) is 10.3. The number of amides is 1. The van der Waals surface area contributed by atoms with Crippen LogP contribution in [0.4, 0.5) is 0 Å². The molecule has 0 radical (unpaired) electrons. The minimum Gasteiger partial charge on any atom is -0.379 e. The molecule has 1 aromatic heterocycles. The Hall–Kier alpha value is -2.03. The lowest BCUT2D eigenvalue weighted by Gasteiger charge is -2.33. The van der Waals surface area contributed by atoms with Crippen molar-refractivity contribution in [1.29, 1.82) is 0 Å². The number of halogens is 1. The third-order valence-electron chi connectivity index (χ3n) is 5.73. The Morgan fingerprint density at radius 3 is 2.76 bits per heavy atom. The topological polar surface area (TPSA) is 76.4 Å². The number of piperidine rings is 1. The lowest BCUT2D eigenvalue weighted by Crippen LogP contribution is -2.39. The van der Waals surface area contributed by atoms with Crippen molar-refractivity contribution in [3.63, 3.8) is 0 Å². The number of carbonyl (C=O) groups excluding carboxylic acids is 1. The first-order chi connectivity index (χ1) is 14.2. The first kappa shape index (κ1) is 20.3. The fraction of sp³-hybridized carbons (Fsp3) is 0.600. The van der Waals surface area contributed by atoms with E-state index in [2.05, 4.69) is 32.6 Å². The second kappa shape index (κ2) is 9.65. The zero-order chi connectivity index (χ0) is 20.1. The Bertz CT molecular complexity index is 806. The van der Waals surface area contributed by atoms with Crippen LogP contribution in [0.3, 0.4) is 0 Å². The highest BCUT2D eigenvalue weighted by Crippen LogP contribution is 2.28. The Balaban J connectivity index is 1.30. The quantitative estimate of drug-likeness (QED) is 0.713. The van der Waals surface area contributed by atoms with Gasteiger partial charge in [-0.2, -0.15) is 0 Å². The van der Waals surface area contributed by atoms with E-state index < -0.39 is 0 Å². The molecule has 4 rings (SSSR count). The van der Waals surface area contributed by atoms with E-state index in [0.29, 0.717) is 25.4 Å². The summed E-state index contributed by atoms with van der Waals surface area (Å²) < 4.78 is 7.14. The molecule has 0 bridgehead atoms. The number of likely N-dealkylation sites (tertiary alicyclic amines) is 1. The number of ether oxygens (including phenoxy) is 1. The van der Waals surface area contributed by atoms with Gasteiger partial charge in [0.25, 0.3) is 0 Å². The molecular weight excluding hydrogens is 392 g/mol. The van der Waals surface area contributed by atoms with E-state index in [4.69, 9.17) is 16.3 Å². The smallest absolute Gasteiger partial charge is 0.224 e. The second-order valence-electron chi connectivity index (χ2n) is 7.69. The van der Waals surface area contributed by atoms with Crippen molar-refractivity contribution in [3.8, 4) is 0 Å². The predicted molar refractivity (Wildman–Crippen MR) is 109 cm³/mol. The van der Waals surface area contributed by atoms with Crippen LogP contribution in [0.5, 0.6) is 0 Å². The molecule has 0 spiro atoms. The normalized spacial score (nSPS) is 20.7. The van der Waals surface area contributed by atoms with Crippen molar-refractivity contribution in [2.45, 2.75) is 38.3 Å². The summed E-state index contributed by atoms with van der Waals surface area (Å²) in [5.41, 5.74) is 1.25. The van der Waals surface area contributed by atoms with Crippen LogP contribution in [-0.4, -0.2) is 75.3 Å². The summed E-state index contributed by atoms with van der Waals surface area (Å²) in [7, 11) is 0. The van der Waals surface area contributed by atoms with E-state index in [0.717, 1.165) is 63.1 Å². The molecule has 0 aliphatic carbocycles. The molecule has 3 heterocycles. The highest BCUT2D eigenvalue weighted by molar-refractivity contribution is 6.30. The summed E-state index contributed by atoms with van der Waals surface area (Å²) in [6.45, 7) is 6.02. The maximum atomic E-state index is 12.8. The molecule has 2 aliphatic heterocycles. The van der Waals surface area contributed by atoms with Crippen LogP contribution in [0, 0.1) is 0 Å². The lowest BCUT2D eigenvalue weighted by atomic mass is 9.90. The number of nitrogens with zero attached hydrogens (tertiary/aromatic N) is 6. The van der Waals surface area contributed by atoms with Crippen molar-refractivity contribution in [1.82, 2.24) is 30.0 Å². The fourth-order valence-corrected chi connectivity index (χ4v) is 4.17. The van der Waals surface area contributed by atoms with Crippen LogP contribution >= 0.6 is 11.6 Å². The van der Waals surface area contributed by atoms with Gasteiger partial charge >= 0.3 is 0 Å². The number of morpholine rings is 1. The molecule has 156 valence electrons. The largest absolute Gasteiger partial charge is 0.379 e. The molecule has 1 atom stereocenters. The highest BCUT2D eigenvalue weighted by Gasteiger charge is 2.25. The average Bonchev–Trinajstić information content (AvgIpc) is 3.20. The Morgan fingerprint density at radius 1 is 1.17 bits per heavy atom. The molecule has 2 fully saturated rings. The van der Waals surface area contributed by atoms with Gasteiger partial charge < -0.3 is 9.64 Å². The SMILES string of the molecule is O=C(CCn1nnnc1CN1CCOCC1)N1CCCC(c2ccc(Cl)cc2)C1. The van der Waals surface area contributed by atoms with Gasteiger partial charge in [-0.3, -0.25) is 9.69 Å². The number of aromatic nitrogens is 4. The maximum Gasteiger partial charge on any atom is 0.224 e. The third kappa shape index (κ3) is 5.32. The number of hydrogen-bond donors (Lipinski definition) is 0. The minimum atomic E-state index is 0.163. The van der Waals surface area contributed by atoms with Crippen LogP contribution in [0.15, 0.2) is 24.3 Å². The summed E-state index contributed by atoms with van der Waals surface area (Å²) in [5, 5.41) is 12.8. The zero-order valence-electron chi connectivity index (χ0n) is 16.5. The van der Waals surface area contributed by atoms with Crippen LogP contribution < -0.4 is 0 Å². The highest BCUT2D eigenvalue weighted by atomic mass is 35.5. The van der Waals surface area contributed by atoms with Crippen LogP contribution in [0.25, 0.3) is 0 Å². The fourth-order valence-electron chi connectivity index (χ4n) is 4.04. The monoisotopic (exact) mass is 418 g/mol. The lowest BCUT2D eigenvalue weighted by molar-refractivity contribution is -0.132. The minimum absolute atomic E-state index is 0.163. The molecular formula is C20H27ClN6O2. The van der Waals surface area contributed by atoms with Crippen molar-refractivity contribution < 1.29 is 9.53 Å². The molecule has 2 saturated heterocycles. The standard InChI is InChI=1S/C20H27ClN6O2/c21-18-5-3-16(4-6-18)17-2-1-8-26(14-17)20(28)7-9-27-19(22-23-24-27)15-25-10-12-29-13-11-25/h3-6,17H,1-2,7-15H2. The van der Waals surface area contributed by atoms with Gasteiger partial charge in [0, 0.05) is 43.5 Å². The van der Waals surface area contributed by atoms with E-state index >= 15 is 0 Å². The first-order valence-corrected chi connectivity index (χ1v) is 10.7. The Kier molecular flexibility index (Phi) is 6.74. The van der Waals surface area contributed by atoms with Crippen molar-refractivity contribution in [3.05, 3.63) is 40.7 Å². The van der Waals surface area contributed by atoms with E-state index in [1.54, 1.807) is 4.68 Å². The average molecular weight is 419 g/mol. The van der Waals surface area contributed by atoms with Crippen molar-refractivity contribution >= 4 is 17.5 Å². The van der Waals surface area contributed by atoms with Crippen molar-refractivity contribution in [2.24, 2.45) is 0 Å². The van der Waals surface area contributed by atoms with Gasteiger partial charge in [0.2, 0.25) is 5.91 Å². The van der Waals surface area contributed by atoms with Gasteiger partial charge in [0.05, 0.1) is 26.3 Å².